The number of unbranched alkanes of at least 4 members (excludes halogenated alkanes) is 8. The van der Waals surface area contributed by atoms with Crippen molar-refractivity contribution in [2.24, 2.45) is 0 Å². The highest BCUT2D eigenvalue weighted by Gasteiger charge is 2.22. The van der Waals surface area contributed by atoms with Crippen molar-refractivity contribution in [3.63, 3.8) is 0 Å². The third-order valence-corrected chi connectivity index (χ3v) is 8.09. The lowest BCUT2D eigenvalue weighted by Crippen LogP contribution is -2.29. The molecule has 0 aromatic rings. The highest BCUT2D eigenvalue weighted by molar-refractivity contribution is 7.46. The average molecular weight is 745 g/mol. The Labute approximate surface area is 315 Å². The van der Waals surface area contributed by atoms with E-state index >= 15 is 0 Å². The number of hydrogen-bond donors (Lipinski definition) is 2. The number of carbonyl (C=O) groups is 2. The van der Waals surface area contributed by atoms with E-state index in [1.54, 1.807) is 0 Å². The van der Waals surface area contributed by atoms with Crippen LogP contribution in [0.2, 0.25) is 0 Å². The summed E-state index contributed by atoms with van der Waals surface area (Å²) in [4.78, 5) is 42.7. The van der Waals surface area contributed by atoms with Gasteiger partial charge in [0.1, 0.15) is 6.61 Å². The molecule has 1 atom stereocenters. The van der Waals surface area contributed by atoms with Crippen LogP contribution in [0.3, 0.4) is 0 Å². The summed E-state index contributed by atoms with van der Waals surface area (Å²) in [6.45, 7) is 3.44. The fourth-order valence-electron chi connectivity index (χ4n) is 4.72. The Morgan fingerprint density at radius 2 is 0.962 bits per heavy atom. The second-order valence-corrected chi connectivity index (χ2v) is 13.8. The average Bonchev–Trinajstić information content (AvgIpc) is 3.11. The number of phosphoric acid groups is 1. The summed E-state index contributed by atoms with van der Waals surface area (Å²) in [5, 5.41) is 0. The van der Waals surface area contributed by atoms with Crippen molar-refractivity contribution in [1.82, 2.24) is 0 Å². The summed E-state index contributed by atoms with van der Waals surface area (Å²) >= 11 is 0. The van der Waals surface area contributed by atoms with Crippen LogP contribution in [0.4, 0.5) is 0 Å². The molecule has 0 aromatic carbocycles. The summed E-state index contributed by atoms with van der Waals surface area (Å²) in [5.41, 5.74) is 0. The van der Waals surface area contributed by atoms with Gasteiger partial charge in [0, 0.05) is 12.8 Å². The third kappa shape index (κ3) is 39.8. The molecular weight excluding hydrogens is 675 g/mol. The normalized spacial score (nSPS) is 13.5. The molecule has 0 bridgehead atoms. The minimum absolute atomic E-state index is 0.133. The Balaban J connectivity index is 4.14. The molecule has 294 valence electrons. The van der Waals surface area contributed by atoms with Gasteiger partial charge in [0.2, 0.25) is 0 Å². The van der Waals surface area contributed by atoms with Crippen LogP contribution >= 0.6 is 7.82 Å². The van der Waals surface area contributed by atoms with Crippen LogP contribution in [0.5, 0.6) is 0 Å². The molecule has 0 aromatic heterocycles. The molecule has 0 saturated heterocycles. The van der Waals surface area contributed by atoms with Crippen LogP contribution in [0, 0.1) is 0 Å². The molecule has 2 N–H and O–H groups in total. The van der Waals surface area contributed by atoms with E-state index in [4.69, 9.17) is 19.3 Å². The van der Waals surface area contributed by atoms with Crippen LogP contribution in [-0.4, -0.2) is 41.0 Å². The first-order chi connectivity index (χ1) is 25.3. The molecule has 8 nitrogen and oxygen atoms in total. The van der Waals surface area contributed by atoms with Gasteiger partial charge in [-0.1, -0.05) is 143 Å². The molecule has 52 heavy (non-hydrogen) atoms. The van der Waals surface area contributed by atoms with Gasteiger partial charge in [-0.2, -0.15) is 0 Å². The maximum absolute atomic E-state index is 12.4. The maximum Gasteiger partial charge on any atom is 0.469 e. The second kappa shape index (κ2) is 37.7. The molecule has 0 unspecified atom stereocenters. The molecule has 0 aliphatic carbocycles. The molecule has 0 aliphatic rings. The van der Waals surface area contributed by atoms with E-state index in [0.717, 1.165) is 83.5 Å². The monoisotopic (exact) mass is 744 g/mol. The first kappa shape index (κ1) is 49.0. The standard InChI is InChI=1S/C43H69O8P/c1-3-5-7-9-11-13-15-17-19-20-21-22-24-25-27-29-31-33-35-37-42(44)49-39-41(40-50-52(46,47)48)51-43(45)38-36-34-32-30-28-26-23-18-16-14-12-10-8-6-4-2/h5,7,11-14,17-19,21-23,25,27,31,33,41H,3-4,6,8-10,15-16,20,24,26,28-30,32,34-40H2,1-2H3,(H2,46,47,48)/b7-5+,13-11+,14-12+,19-17+,22-21+,23-18+,27-25+,33-31+/t41-/m1/s1. The Kier molecular flexibility index (Phi) is 35.5. The number of rotatable bonds is 34. The van der Waals surface area contributed by atoms with Crippen molar-refractivity contribution in [2.75, 3.05) is 13.2 Å². The van der Waals surface area contributed by atoms with Gasteiger partial charge in [-0.25, -0.2) is 4.57 Å². The zero-order chi connectivity index (χ0) is 38.2. The fraction of sp³-hybridized carbons (Fsp3) is 0.581. The van der Waals surface area contributed by atoms with Gasteiger partial charge in [-0.3, -0.25) is 14.1 Å². The molecule has 0 saturated carbocycles. The lowest BCUT2D eigenvalue weighted by atomic mass is 10.1. The quantitative estimate of drug-likeness (QED) is 0.0289. The first-order valence-electron chi connectivity index (χ1n) is 19.5. The van der Waals surface area contributed by atoms with Crippen LogP contribution in [0.15, 0.2) is 97.2 Å². The minimum Gasteiger partial charge on any atom is -0.462 e. The van der Waals surface area contributed by atoms with Gasteiger partial charge in [-0.05, 0) is 83.5 Å². The van der Waals surface area contributed by atoms with Gasteiger partial charge in [0.25, 0.3) is 0 Å². The van der Waals surface area contributed by atoms with E-state index in [1.165, 1.54) is 19.3 Å². The Hall–Kier alpha value is -3.03. The molecule has 0 amide bonds. The molecule has 0 fully saturated rings. The molecule has 0 radical (unpaired) electrons. The minimum atomic E-state index is -4.78. The van der Waals surface area contributed by atoms with Crippen LogP contribution in [-0.2, 0) is 28.2 Å². The number of esters is 2. The van der Waals surface area contributed by atoms with Gasteiger partial charge in [-0.15, -0.1) is 0 Å². The number of phosphoric ester groups is 1. The third-order valence-electron chi connectivity index (χ3n) is 7.60. The van der Waals surface area contributed by atoms with E-state index < -0.39 is 32.5 Å². The van der Waals surface area contributed by atoms with E-state index in [9.17, 15) is 14.2 Å². The second-order valence-electron chi connectivity index (χ2n) is 12.5. The van der Waals surface area contributed by atoms with Gasteiger partial charge >= 0.3 is 19.8 Å². The van der Waals surface area contributed by atoms with Crippen LogP contribution in [0.1, 0.15) is 142 Å². The molecule has 0 spiro atoms. The topological polar surface area (TPSA) is 119 Å². The number of hydrogen-bond acceptors (Lipinski definition) is 6. The van der Waals surface area contributed by atoms with Crippen molar-refractivity contribution < 1.29 is 37.9 Å². The highest BCUT2D eigenvalue weighted by atomic mass is 31.2. The van der Waals surface area contributed by atoms with Crippen LogP contribution in [0.25, 0.3) is 0 Å². The maximum atomic E-state index is 12.4. The first-order valence-corrected chi connectivity index (χ1v) is 21.1. The van der Waals surface area contributed by atoms with Crippen molar-refractivity contribution in [1.29, 1.82) is 0 Å². The molecule has 0 aliphatic heterocycles. The summed E-state index contributed by atoms with van der Waals surface area (Å²) in [5.74, 6) is -1.01. The smallest absolute Gasteiger partial charge is 0.462 e. The van der Waals surface area contributed by atoms with E-state index in [2.05, 4.69) is 103 Å². The predicted octanol–water partition coefficient (Wildman–Crippen LogP) is 11.8. The summed E-state index contributed by atoms with van der Waals surface area (Å²) in [6, 6.07) is 0. The Morgan fingerprint density at radius 3 is 1.46 bits per heavy atom. The lowest BCUT2D eigenvalue weighted by molar-refractivity contribution is -0.161. The van der Waals surface area contributed by atoms with Crippen molar-refractivity contribution in [2.45, 2.75) is 148 Å². The molecule has 0 rings (SSSR count). The number of ether oxygens (including phenoxy) is 2. The summed E-state index contributed by atoms with van der Waals surface area (Å²) < 4.78 is 26.2. The number of allylic oxidation sites excluding steroid dienone is 16. The van der Waals surface area contributed by atoms with Crippen LogP contribution < -0.4 is 0 Å². The SMILES string of the molecule is CC/C=C/C/C=C/C/C=C/C/C=C/C/C=C/C/C=C/CCC(=O)OC[C@H](COP(=O)(O)O)OC(=O)CCCCCCC/C=C/C/C=C/CCCCC. The Bertz CT molecular complexity index is 1160. The zero-order valence-electron chi connectivity index (χ0n) is 32.2. The molecule has 9 heteroatoms. The molecule has 0 heterocycles. The highest BCUT2D eigenvalue weighted by Crippen LogP contribution is 2.35. The van der Waals surface area contributed by atoms with Gasteiger partial charge in [0.15, 0.2) is 6.10 Å². The number of carbonyl (C=O) groups excluding carboxylic acids is 2. The van der Waals surface area contributed by atoms with E-state index in [1.807, 2.05) is 12.2 Å². The Morgan fingerprint density at radius 1 is 0.519 bits per heavy atom. The summed E-state index contributed by atoms with van der Waals surface area (Å²) in [7, 11) is -4.78. The van der Waals surface area contributed by atoms with E-state index in [-0.39, 0.29) is 19.4 Å². The fourth-order valence-corrected chi connectivity index (χ4v) is 5.08. The zero-order valence-corrected chi connectivity index (χ0v) is 33.1. The molecular formula is C43H69O8P. The summed E-state index contributed by atoms with van der Waals surface area (Å²) in [6.07, 6.45) is 51.4. The lowest BCUT2D eigenvalue weighted by Gasteiger charge is -2.18. The largest absolute Gasteiger partial charge is 0.469 e. The van der Waals surface area contributed by atoms with Crippen molar-refractivity contribution in [3.05, 3.63) is 97.2 Å². The van der Waals surface area contributed by atoms with Crippen molar-refractivity contribution in [3.8, 4) is 0 Å². The van der Waals surface area contributed by atoms with Crippen molar-refractivity contribution >= 4 is 19.8 Å². The predicted molar refractivity (Wildman–Crippen MR) is 216 cm³/mol. The van der Waals surface area contributed by atoms with E-state index in [0.29, 0.717) is 12.8 Å². The van der Waals surface area contributed by atoms with Gasteiger partial charge < -0.3 is 19.3 Å². The van der Waals surface area contributed by atoms with Gasteiger partial charge in [0.05, 0.1) is 6.61 Å².